The average molecular weight is 459 g/mol. The summed E-state index contributed by atoms with van der Waals surface area (Å²) in [6.07, 6.45) is -3.90. The minimum Gasteiger partial charge on any atom is -0.504 e. The number of nitrogens with one attached hydrogen (secondary N) is 1. The third-order valence-electron chi connectivity index (χ3n) is 5.65. The summed E-state index contributed by atoms with van der Waals surface area (Å²) in [7, 11) is 0. The number of aliphatic hydroxyl groups is 1. The second-order valence-corrected chi connectivity index (χ2v) is 7.81. The van der Waals surface area contributed by atoms with Gasteiger partial charge >= 0.3 is 6.36 Å². The topological polar surface area (TPSA) is 99.0 Å². The van der Waals surface area contributed by atoms with Crippen molar-refractivity contribution in [3.05, 3.63) is 71.8 Å². The van der Waals surface area contributed by atoms with Crippen molar-refractivity contribution in [2.45, 2.75) is 31.2 Å². The molecule has 0 saturated heterocycles. The Hall–Kier alpha value is -3.72. The molecular formula is C24H20F3NO5. The first-order valence-corrected chi connectivity index (χ1v) is 10.1. The quantitative estimate of drug-likeness (QED) is 0.396. The lowest BCUT2D eigenvalue weighted by Crippen LogP contribution is -2.27. The van der Waals surface area contributed by atoms with Gasteiger partial charge in [0.15, 0.2) is 11.5 Å². The molecule has 4 rings (SSSR count). The first kappa shape index (κ1) is 22.5. The molecule has 1 aliphatic rings. The molecule has 1 aliphatic carbocycles. The van der Waals surface area contributed by atoms with Crippen LogP contribution in [0.3, 0.4) is 0 Å². The Balaban J connectivity index is 1.69. The van der Waals surface area contributed by atoms with Crippen molar-refractivity contribution in [2.24, 2.45) is 0 Å². The zero-order chi connectivity index (χ0) is 23.8. The number of anilines is 1. The van der Waals surface area contributed by atoms with Gasteiger partial charge in [0.25, 0.3) is 0 Å². The van der Waals surface area contributed by atoms with Crippen molar-refractivity contribution in [3.8, 4) is 28.4 Å². The molecule has 9 heteroatoms. The largest absolute Gasteiger partial charge is 0.573 e. The lowest BCUT2D eigenvalue weighted by molar-refractivity contribution is -0.274. The Morgan fingerprint density at radius 1 is 0.970 bits per heavy atom. The maximum atomic E-state index is 13.1. The van der Waals surface area contributed by atoms with Crippen molar-refractivity contribution < 1.29 is 38.0 Å². The number of aliphatic hydroxyl groups excluding tert-OH is 1. The number of phenolic OH excluding ortho intramolecular Hbond substituents is 2. The van der Waals surface area contributed by atoms with Gasteiger partial charge in [0, 0.05) is 11.3 Å². The molecule has 0 heterocycles. The molecule has 1 fully saturated rings. The molecule has 1 saturated carbocycles. The minimum absolute atomic E-state index is 0.0573. The van der Waals surface area contributed by atoms with E-state index in [9.17, 15) is 33.3 Å². The zero-order valence-corrected chi connectivity index (χ0v) is 17.2. The Kier molecular flexibility index (Phi) is 5.67. The summed E-state index contributed by atoms with van der Waals surface area (Å²) in [6.45, 7) is -0.397. The number of benzene rings is 3. The second-order valence-electron chi connectivity index (χ2n) is 7.81. The van der Waals surface area contributed by atoms with E-state index in [1.165, 1.54) is 24.3 Å². The fourth-order valence-corrected chi connectivity index (χ4v) is 3.80. The van der Waals surface area contributed by atoms with Crippen LogP contribution >= 0.6 is 0 Å². The van der Waals surface area contributed by atoms with E-state index in [2.05, 4.69) is 10.1 Å². The molecule has 172 valence electrons. The molecule has 3 aromatic rings. The van der Waals surface area contributed by atoms with Gasteiger partial charge in [-0.25, -0.2) is 0 Å². The molecule has 33 heavy (non-hydrogen) atoms. The van der Waals surface area contributed by atoms with E-state index in [4.69, 9.17) is 0 Å². The van der Waals surface area contributed by atoms with Gasteiger partial charge in [0.1, 0.15) is 5.75 Å². The molecule has 0 aliphatic heterocycles. The van der Waals surface area contributed by atoms with Gasteiger partial charge in [-0.15, -0.1) is 13.2 Å². The maximum Gasteiger partial charge on any atom is 0.573 e. The lowest BCUT2D eigenvalue weighted by atomic mass is 9.94. The predicted octanol–water partition coefficient (Wildman–Crippen LogP) is 4.83. The summed E-state index contributed by atoms with van der Waals surface area (Å²) in [6, 6.07) is 14.3. The number of aromatic hydroxyl groups is 2. The Labute approximate surface area is 186 Å². The minimum atomic E-state index is -4.92. The molecule has 0 unspecified atom stereocenters. The van der Waals surface area contributed by atoms with Crippen LogP contribution in [0, 0.1) is 0 Å². The number of hydrogen-bond acceptors (Lipinski definition) is 5. The van der Waals surface area contributed by atoms with E-state index in [0.29, 0.717) is 29.5 Å². The van der Waals surface area contributed by atoms with E-state index in [1.807, 2.05) is 0 Å². The van der Waals surface area contributed by atoms with Crippen LogP contribution in [0.15, 0.2) is 60.7 Å². The highest BCUT2D eigenvalue weighted by Gasteiger charge is 2.51. The number of rotatable bonds is 6. The highest BCUT2D eigenvalue weighted by Crippen LogP contribution is 2.50. The van der Waals surface area contributed by atoms with Gasteiger partial charge in [-0.2, -0.15) is 0 Å². The van der Waals surface area contributed by atoms with Crippen molar-refractivity contribution in [3.63, 3.8) is 0 Å². The van der Waals surface area contributed by atoms with Crippen LogP contribution in [-0.4, -0.2) is 27.6 Å². The fourth-order valence-electron chi connectivity index (χ4n) is 3.80. The number of amides is 1. The highest BCUT2D eigenvalue weighted by atomic mass is 19.4. The summed E-state index contributed by atoms with van der Waals surface area (Å²) in [5, 5.41) is 31.7. The van der Waals surface area contributed by atoms with E-state index >= 15 is 0 Å². The maximum absolute atomic E-state index is 13.1. The monoisotopic (exact) mass is 459 g/mol. The SMILES string of the molecule is O=C(Nc1ccc(OC(F)(F)F)c(-c2ccccc2CO)c1)C1(c2ccc(O)c(O)c2)CC1. The van der Waals surface area contributed by atoms with Gasteiger partial charge in [-0.05, 0) is 59.9 Å². The number of halogens is 3. The van der Waals surface area contributed by atoms with Crippen molar-refractivity contribution in [2.75, 3.05) is 5.32 Å². The lowest BCUT2D eigenvalue weighted by Gasteiger charge is -2.19. The number of phenols is 2. The van der Waals surface area contributed by atoms with Crippen LogP contribution in [-0.2, 0) is 16.8 Å². The van der Waals surface area contributed by atoms with E-state index in [0.717, 1.165) is 6.07 Å². The van der Waals surface area contributed by atoms with Gasteiger partial charge in [0.2, 0.25) is 5.91 Å². The predicted molar refractivity (Wildman–Crippen MR) is 114 cm³/mol. The normalized spacial score (nSPS) is 14.5. The van der Waals surface area contributed by atoms with Crippen molar-refractivity contribution in [1.82, 2.24) is 0 Å². The summed E-state index contributed by atoms with van der Waals surface area (Å²) in [5.41, 5.74) is 0.646. The molecule has 0 spiro atoms. The fraction of sp³-hybridized carbons (Fsp3) is 0.208. The smallest absolute Gasteiger partial charge is 0.504 e. The van der Waals surface area contributed by atoms with Gasteiger partial charge in [-0.1, -0.05) is 30.3 Å². The first-order chi connectivity index (χ1) is 15.6. The van der Waals surface area contributed by atoms with Gasteiger partial charge < -0.3 is 25.4 Å². The molecule has 1 amide bonds. The molecule has 0 aromatic heterocycles. The number of carbonyl (C=O) groups excluding carboxylic acids is 1. The number of ether oxygens (including phenoxy) is 1. The summed E-state index contributed by atoms with van der Waals surface area (Å²) < 4.78 is 43.1. The average Bonchev–Trinajstić information content (AvgIpc) is 3.58. The zero-order valence-electron chi connectivity index (χ0n) is 17.2. The molecule has 0 atom stereocenters. The second kappa shape index (κ2) is 8.32. The standard InChI is InChI=1S/C24H20F3NO5/c25-24(26,27)33-21-8-6-16(12-18(21)17-4-2-1-3-14(17)13-29)28-22(32)23(9-10-23)15-5-7-19(30)20(31)11-15/h1-8,11-12,29-31H,9-10,13H2,(H,28,32). The van der Waals surface area contributed by atoms with E-state index in [1.54, 1.807) is 30.3 Å². The Morgan fingerprint density at radius 2 is 1.70 bits per heavy atom. The van der Waals surface area contributed by atoms with Gasteiger partial charge in [-0.3, -0.25) is 4.79 Å². The molecule has 6 nitrogen and oxygen atoms in total. The van der Waals surface area contributed by atoms with Crippen molar-refractivity contribution >= 4 is 11.6 Å². The van der Waals surface area contributed by atoms with Crippen molar-refractivity contribution in [1.29, 1.82) is 0 Å². The first-order valence-electron chi connectivity index (χ1n) is 10.1. The third-order valence-corrected chi connectivity index (χ3v) is 5.65. The van der Waals surface area contributed by atoms with E-state index in [-0.39, 0.29) is 22.7 Å². The van der Waals surface area contributed by atoms with Crippen LogP contribution < -0.4 is 10.1 Å². The van der Waals surface area contributed by atoms with Crippen LogP contribution in [0.5, 0.6) is 17.2 Å². The highest BCUT2D eigenvalue weighted by molar-refractivity contribution is 6.02. The van der Waals surface area contributed by atoms with E-state index < -0.39 is 30.0 Å². The summed E-state index contributed by atoms with van der Waals surface area (Å²) >= 11 is 0. The van der Waals surface area contributed by atoms with Crippen LogP contribution in [0.25, 0.3) is 11.1 Å². The molecule has 4 N–H and O–H groups in total. The molecule has 0 bridgehead atoms. The number of hydrogen-bond donors (Lipinski definition) is 4. The summed E-state index contributed by atoms with van der Waals surface area (Å²) in [4.78, 5) is 13.1. The Bertz CT molecular complexity index is 1200. The molecule has 0 radical (unpaired) electrons. The molecule has 3 aromatic carbocycles. The number of alkyl halides is 3. The van der Waals surface area contributed by atoms with Crippen LogP contribution in [0.2, 0.25) is 0 Å². The third kappa shape index (κ3) is 4.58. The Morgan fingerprint density at radius 3 is 2.33 bits per heavy atom. The molecular weight excluding hydrogens is 439 g/mol. The summed E-state index contributed by atoms with van der Waals surface area (Å²) in [5.74, 6) is -1.50. The van der Waals surface area contributed by atoms with Crippen LogP contribution in [0.4, 0.5) is 18.9 Å². The van der Waals surface area contributed by atoms with Crippen LogP contribution in [0.1, 0.15) is 24.0 Å². The number of carbonyl (C=O) groups is 1. The van der Waals surface area contributed by atoms with Gasteiger partial charge in [0.05, 0.1) is 12.0 Å².